The minimum Gasteiger partial charge on any atom is -0.0940 e. The van der Waals surface area contributed by atoms with Crippen LogP contribution in [0.1, 0.15) is 24.8 Å². The van der Waals surface area contributed by atoms with Crippen molar-refractivity contribution < 1.29 is 0 Å². The van der Waals surface area contributed by atoms with Gasteiger partial charge in [-0.3, -0.25) is 0 Å². The van der Waals surface area contributed by atoms with Crippen molar-refractivity contribution in [3.63, 3.8) is 0 Å². The predicted octanol–water partition coefficient (Wildman–Crippen LogP) is 3.49. The first-order valence-corrected chi connectivity index (χ1v) is 4.40. The van der Waals surface area contributed by atoms with Gasteiger partial charge in [0, 0.05) is 11.5 Å². The number of hydrogen-bond acceptors (Lipinski definition) is 1. The summed E-state index contributed by atoms with van der Waals surface area (Å²) in [5, 5.41) is 3.52. The van der Waals surface area contributed by atoms with E-state index in [4.69, 9.17) is 5.53 Å². The van der Waals surface area contributed by atoms with Crippen LogP contribution in [-0.2, 0) is 0 Å². The van der Waals surface area contributed by atoms with Crippen LogP contribution in [0.3, 0.4) is 0 Å². The molecule has 13 heavy (non-hydrogen) atoms. The summed E-state index contributed by atoms with van der Waals surface area (Å²) < 4.78 is 0. The fraction of sp³-hybridized carbons (Fsp3) is 0.400. The lowest BCUT2D eigenvalue weighted by Crippen LogP contribution is -1.94. The molecule has 0 spiro atoms. The largest absolute Gasteiger partial charge is 0.0940 e. The number of hydrogen-bond donors (Lipinski definition) is 0. The molecule has 1 rings (SSSR count). The average molecular weight is 175 g/mol. The van der Waals surface area contributed by atoms with E-state index in [1.165, 1.54) is 5.56 Å². The molecule has 1 aromatic carbocycles. The zero-order valence-electron chi connectivity index (χ0n) is 7.72. The highest BCUT2D eigenvalue weighted by Gasteiger charge is 2.02. The molecule has 1 unspecified atom stereocenters. The van der Waals surface area contributed by atoms with Crippen LogP contribution in [0.4, 0.5) is 0 Å². The van der Waals surface area contributed by atoms with Gasteiger partial charge in [0.15, 0.2) is 0 Å². The van der Waals surface area contributed by atoms with Gasteiger partial charge in [-0.1, -0.05) is 42.4 Å². The van der Waals surface area contributed by atoms with Crippen molar-refractivity contribution in [2.75, 3.05) is 6.54 Å². The Morgan fingerprint density at radius 2 is 2.08 bits per heavy atom. The van der Waals surface area contributed by atoms with E-state index >= 15 is 0 Å². The van der Waals surface area contributed by atoms with E-state index in [1.54, 1.807) is 0 Å². The van der Waals surface area contributed by atoms with E-state index in [2.05, 4.69) is 29.1 Å². The molecule has 3 nitrogen and oxygen atoms in total. The molecule has 0 N–H and O–H groups in total. The van der Waals surface area contributed by atoms with E-state index in [0.717, 1.165) is 6.42 Å². The van der Waals surface area contributed by atoms with Gasteiger partial charge in [-0.15, -0.1) is 0 Å². The Morgan fingerprint density at radius 3 is 2.69 bits per heavy atom. The lowest BCUT2D eigenvalue weighted by molar-refractivity contribution is 0.688. The van der Waals surface area contributed by atoms with Crippen LogP contribution in [0.2, 0.25) is 0 Å². The third-order valence-corrected chi connectivity index (χ3v) is 2.09. The third kappa shape index (κ3) is 3.18. The quantitative estimate of drug-likeness (QED) is 0.382. The summed E-state index contributed by atoms with van der Waals surface area (Å²) >= 11 is 0. The fourth-order valence-electron chi connectivity index (χ4n) is 1.24. The first kappa shape index (κ1) is 9.62. The number of nitrogens with zero attached hydrogens (tertiary/aromatic N) is 3. The third-order valence-electron chi connectivity index (χ3n) is 2.09. The summed E-state index contributed by atoms with van der Waals surface area (Å²) in [6.07, 6.45) is 0.911. The Balaban J connectivity index is 2.48. The Morgan fingerprint density at radius 1 is 1.38 bits per heavy atom. The molecule has 0 fully saturated rings. The maximum absolute atomic E-state index is 8.11. The Bertz CT molecular complexity index is 288. The Labute approximate surface area is 78.0 Å². The van der Waals surface area contributed by atoms with Crippen molar-refractivity contribution in [3.8, 4) is 0 Å². The molecule has 1 atom stereocenters. The minimum atomic E-state index is 0.465. The summed E-state index contributed by atoms with van der Waals surface area (Å²) in [6, 6.07) is 10.3. The van der Waals surface area contributed by atoms with Crippen molar-refractivity contribution in [1.82, 2.24) is 0 Å². The molecule has 1 aromatic rings. The smallest absolute Gasteiger partial charge is 0.0263 e. The van der Waals surface area contributed by atoms with Crippen molar-refractivity contribution in [3.05, 3.63) is 46.3 Å². The number of benzene rings is 1. The standard InChI is InChI=1S/C10H13N3/c1-9(7-8-12-13-11)10-5-3-2-4-6-10/h2-6,9H,7-8H2,1H3. The molecule has 0 amide bonds. The molecular formula is C10H13N3. The molecule has 0 saturated heterocycles. The lowest BCUT2D eigenvalue weighted by Gasteiger charge is -2.08. The van der Waals surface area contributed by atoms with Gasteiger partial charge in [-0.2, -0.15) is 0 Å². The maximum Gasteiger partial charge on any atom is 0.0263 e. The lowest BCUT2D eigenvalue weighted by atomic mass is 9.98. The highest BCUT2D eigenvalue weighted by atomic mass is 15.1. The van der Waals surface area contributed by atoms with Crippen molar-refractivity contribution in [1.29, 1.82) is 0 Å². The van der Waals surface area contributed by atoms with Crippen LogP contribution in [0.25, 0.3) is 10.4 Å². The monoisotopic (exact) mass is 175 g/mol. The second-order valence-electron chi connectivity index (χ2n) is 3.05. The van der Waals surface area contributed by atoms with Crippen molar-refractivity contribution in [2.24, 2.45) is 5.11 Å². The summed E-state index contributed by atoms with van der Waals surface area (Å²) in [7, 11) is 0. The Kier molecular flexibility index (Phi) is 3.86. The molecular weight excluding hydrogens is 162 g/mol. The molecule has 0 aliphatic heterocycles. The van der Waals surface area contributed by atoms with Gasteiger partial charge in [-0.25, -0.2) is 0 Å². The van der Waals surface area contributed by atoms with Gasteiger partial charge in [0.25, 0.3) is 0 Å². The average Bonchev–Trinajstić information content (AvgIpc) is 2.19. The van der Waals surface area contributed by atoms with Crippen LogP contribution in [0.15, 0.2) is 35.4 Å². The second-order valence-corrected chi connectivity index (χ2v) is 3.05. The normalized spacial score (nSPS) is 11.8. The zero-order valence-corrected chi connectivity index (χ0v) is 7.72. The van der Waals surface area contributed by atoms with E-state index in [0.29, 0.717) is 12.5 Å². The summed E-state index contributed by atoms with van der Waals surface area (Å²) in [5.41, 5.74) is 9.41. The highest BCUT2D eigenvalue weighted by Crippen LogP contribution is 2.17. The first-order valence-electron chi connectivity index (χ1n) is 4.40. The molecule has 3 heteroatoms. The van der Waals surface area contributed by atoms with Crippen LogP contribution < -0.4 is 0 Å². The predicted molar refractivity (Wildman–Crippen MR) is 53.5 cm³/mol. The van der Waals surface area contributed by atoms with Crippen molar-refractivity contribution >= 4 is 0 Å². The van der Waals surface area contributed by atoms with Crippen LogP contribution in [-0.4, -0.2) is 6.54 Å². The number of rotatable bonds is 4. The van der Waals surface area contributed by atoms with E-state index < -0.39 is 0 Å². The van der Waals surface area contributed by atoms with Gasteiger partial charge >= 0.3 is 0 Å². The van der Waals surface area contributed by atoms with Crippen molar-refractivity contribution in [2.45, 2.75) is 19.3 Å². The van der Waals surface area contributed by atoms with Crippen LogP contribution in [0.5, 0.6) is 0 Å². The van der Waals surface area contributed by atoms with Gasteiger partial charge < -0.3 is 0 Å². The van der Waals surface area contributed by atoms with Gasteiger partial charge in [0.1, 0.15) is 0 Å². The number of azide groups is 1. The molecule has 0 saturated carbocycles. The second kappa shape index (κ2) is 5.22. The molecule has 0 aliphatic carbocycles. The molecule has 0 bridgehead atoms. The highest BCUT2D eigenvalue weighted by molar-refractivity contribution is 5.18. The topological polar surface area (TPSA) is 48.8 Å². The van der Waals surface area contributed by atoms with Gasteiger partial charge in [0.05, 0.1) is 0 Å². The van der Waals surface area contributed by atoms with Gasteiger partial charge in [-0.05, 0) is 23.4 Å². The van der Waals surface area contributed by atoms with Crippen LogP contribution >= 0.6 is 0 Å². The van der Waals surface area contributed by atoms with E-state index in [9.17, 15) is 0 Å². The van der Waals surface area contributed by atoms with Crippen LogP contribution in [0, 0.1) is 0 Å². The molecule has 0 aromatic heterocycles. The first-order chi connectivity index (χ1) is 6.34. The van der Waals surface area contributed by atoms with Gasteiger partial charge in [0.2, 0.25) is 0 Å². The molecule has 0 radical (unpaired) electrons. The SMILES string of the molecule is CC(CCN=[N+]=[N-])c1ccccc1. The zero-order chi connectivity index (χ0) is 9.52. The summed E-state index contributed by atoms with van der Waals surface area (Å²) in [6.45, 7) is 2.72. The summed E-state index contributed by atoms with van der Waals surface area (Å²) in [4.78, 5) is 2.73. The fourth-order valence-corrected chi connectivity index (χ4v) is 1.24. The maximum atomic E-state index is 8.11. The summed E-state index contributed by atoms with van der Waals surface area (Å²) in [5.74, 6) is 0.465. The molecule has 0 heterocycles. The van der Waals surface area contributed by atoms with E-state index in [1.807, 2.05) is 18.2 Å². The molecule has 0 aliphatic rings. The Hall–Kier alpha value is -1.47. The van der Waals surface area contributed by atoms with E-state index in [-0.39, 0.29) is 0 Å². The molecule has 68 valence electrons. The minimum absolute atomic E-state index is 0.465.